The van der Waals surface area contributed by atoms with Crippen LogP contribution in [0, 0.1) is 6.92 Å². The molecule has 2 rings (SSSR count). The third-order valence-electron chi connectivity index (χ3n) is 3.59. The Morgan fingerprint density at radius 2 is 2.22 bits per heavy atom. The highest BCUT2D eigenvalue weighted by molar-refractivity contribution is 7.99. The molecule has 0 amide bonds. The van der Waals surface area contributed by atoms with E-state index in [1.807, 2.05) is 23.5 Å². The SMILES string of the molecule is CCCNC1CCCCC1Sc1cc(C)nn1C. The Balaban J connectivity index is 1.98. The number of aryl methyl sites for hydroxylation is 2. The maximum absolute atomic E-state index is 4.44. The summed E-state index contributed by atoms with van der Waals surface area (Å²) in [6.45, 7) is 5.45. The molecule has 0 saturated heterocycles. The first-order chi connectivity index (χ1) is 8.70. The number of hydrogen-bond donors (Lipinski definition) is 1. The molecule has 1 aliphatic rings. The number of hydrogen-bond acceptors (Lipinski definition) is 3. The summed E-state index contributed by atoms with van der Waals surface area (Å²) >= 11 is 2.01. The van der Waals surface area contributed by atoms with E-state index in [1.165, 1.54) is 37.1 Å². The van der Waals surface area contributed by atoms with Gasteiger partial charge in [0, 0.05) is 18.3 Å². The number of thioether (sulfide) groups is 1. The Labute approximate surface area is 115 Å². The molecule has 1 saturated carbocycles. The summed E-state index contributed by atoms with van der Waals surface area (Å²) in [5, 5.41) is 10.2. The molecule has 1 aromatic rings. The van der Waals surface area contributed by atoms with Crippen LogP contribution in [-0.4, -0.2) is 27.6 Å². The molecule has 0 aromatic carbocycles. The van der Waals surface area contributed by atoms with Crippen LogP contribution in [0.2, 0.25) is 0 Å². The van der Waals surface area contributed by atoms with Crippen molar-refractivity contribution in [2.24, 2.45) is 7.05 Å². The van der Waals surface area contributed by atoms with E-state index in [0.717, 1.165) is 12.2 Å². The summed E-state index contributed by atoms with van der Waals surface area (Å²) in [7, 11) is 2.05. The van der Waals surface area contributed by atoms with Crippen LogP contribution in [0.4, 0.5) is 0 Å². The van der Waals surface area contributed by atoms with Gasteiger partial charge in [-0.1, -0.05) is 19.8 Å². The number of aromatic nitrogens is 2. The molecule has 0 bridgehead atoms. The lowest BCUT2D eigenvalue weighted by molar-refractivity contribution is 0.384. The summed E-state index contributed by atoms with van der Waals surface area (Å²) in [5.41, 5.74) is 1.12. The van der Waals surface area contributed by atoms with Gasteiger partial charge in [0.2, 0.25) is 0 Å². The fraction of sp³-hybridized carbons (Fsp3) is 0.786. The summed E-state index contributed by atoms with van der Waals surface area (Å²) in [5.74, 6) is 0. The standard InChI is InChI=1S/C14H25N3S/c1-4-9-15-12-7-5-6-8-13(12)18-14-10-11(2)16-17(14)3/h10,12-13,15H,4-9H2,1-3H3. The topological polar surface area (TPSA) is 29.9 Å². The molecule has 1 aromatic heterocycles. The average Bonchev–Trinajstić information content (AvgIpc) is 2.67. The van der Waals surface area contributed by atoms with Gasteiger partial charge in [-0.05, 0) is 38.8 Å². The van der Waals surface area contributed by atoms with E-state index in [1.54, 1.807) is 0 Å². The second-order valence-corrected chi connectivity index (χ2v) is 6.51. The third kappa shape index (κ3) is 3.51. The molecule has 3 nitrogen and oxygen atoms in total. The minimum absolute atomic E-state index is 0.680. The Morgan fingerprint density at radius 3 is 2.89 bits per heavy atom. The molecular weight excluding hydrogens is 242 g/mol. The van der Waals surface area contributed by atoms with Crippen molar-refractivity contribution in [1.82, 2.24) is 15.1 Å². The zero-order valence-electron chi connectivity index (χ0n) is 11.8. The molecule has 1 heterocycles. The van der Waals surface area contributed by atoms with E-state index in [0.29, 0.717) is 11.3 Å². The van der Waals surface area contributed by atoms with E-state index >= 15 is 0 Å². The van der Waals surface area contributed by atoms with E-state index in [-0.39, 0.29) is 0 Å². The number of nitrogens with zero attached hydrogens (tertiary/aromatic N) is 2. The number of rotatable bonds is 5. The summed E-state index contributed by atoms with van der Waals surface area (Å²) in [4.78, 5) is 0. The van der Waals surface area contributed by atoms with Crippen molar-refractivity contribution in [1.29, 1.82) is 0 Å². The van der Waals surface area contributed by atoms with Crippen LogP contribution >= 0.6 is 11.8 Å². The average molecular weight is 267 g/mol. The van der Waals surface area contributed by atoms with Gasteiger partial charge in [0.05, 0.1) is 10.7 Å². The highest BCUT2D eigenvalue weighted by Gasteiger charge is 2.26. The molecule has 1 N–H and O–H groups in total. The third-order valence-corrected chi connectivity index (χ3v) is 5.08. The van der Waals surface area contributed by atoms with Crippen LogP contribution in [0.25, 0.3) is 0 Å². The molecular formula is C14H25N3S. The fourth-order valence-corrected chi connectivity index (χ4v) is 4.08. The summed E-state index contributed by atoms with van der Waals surface area (Å²) in [6.07, 6.45) is 6.63. The molecule has 2 atom stereocenters. The largest absolute Gasteiger partial charge is 0.313 e. The smallest absolute Gasteiger partial charge is 0.0942 e. The summed E-state index contributed by atoms with van der Waals surface area (Å²) < 4.78 is 2.02. The van der Waals surface area contributed by atoms with Gasteiger partial charge in [0.25, 0.3) is 0 Å². The first-order valence-corrected chi connectivity index (χ1v) is 7.99. The van der Waals surface area contributed by atoms with Crippen molar-refractivity contribution >= 4 is 11.8 Å². The van der Waals surface area contributed by atoms with E-state index in [4.69, 9.17) is 0 Å². The van der Waals surface area contributed by atoms with Gasteiger partial charge >= 0.3 is 0 Å². The molecule has 102 valence electrons. The Morgan fingerprint density at radius 1 is 1.44 bits per heavy atom. The van der Waals surface area contributed by atoms with Gasteiger partial charge in [-0.3, -0.25) is 4.68 Å². The van der Waals surface area contributed by atoms with Gasteiger partial charge in [-0.25, -0.2) is 0 Å². The lowest BCUT2D eigenvalue weighted by atomic mass is 9.95. The second-order valence-electron chi connectivity index (χ2n) is 5.25. The first-order valence-electron chi connectivity index (χ1n) is 7.11. The van der Waals surface area contributed by atoms with Crippen molar-refractivity contribution in [2.45, 2.75) is 62.3 Å². The Hall–Kier alpha value is -0.480. The monoisotopic (exact) mass is 267 g/mol. The quantitative estimate of drug-likeness (QED) is 0.889. The minimum Gasteiger partial charge on any atom is -0.313 e. The summed E-state index contributed by atoms with van der Waals surface area (Å²) in [6, 6.07) is 2.88. The zero-order valence-corrected chi connectivity index (χ0v) is 12.6. The van der Waals surface area contributed by atoms with Crippen LogP contribution in [-0.2, 0) is 7.05 Å². The molecule has 0 aliphatic heterocycles. The predicted octanol–water partition coefficient (Wildman–Crippen LogP) is 3.13. The Bertz CT molecular complexity index is 375. The molecule has 1 aliphatic carbocycles. The van der Waals surface area contributed by atoms with Gasteiger partial charge in [-0.2, -0.15) is 5.10 Å². The molecule has 0 radical (unpaired) electrons. The van der Waals surface area contributed by atoms with Crippen molar-refractivity contribution < 1.29 is 0 Å². The van der Waals surface area contributed by atoms with E-state index in [9.17, 15) is 0 Å². The normalized spacial score (nSPS) is 24.4. The second kappa shape index (κ2) is 6.62. The molecule has 18 heavy (non-hydrogen) atoms. The van der Waals surface area contributed by atoms with E-state index in [2.05, 4.69) is 30.3 Å². The first kappa shape index (κ1) is 13.9. The molecule has 4 heteroatoms. The zero-order chi connectivity index (χ0) is 13.0. The van der Waals surface area contributed by atoms with Gasteiger partial charge in [-0.15, -0.1) is 11.8 Å². The highest BCUT2D eigenvalue weighted by Crippen LogP contribution is 2.33. The minimum atomic E-state index is 0.680. The Kier molecular flexibility index (Phi) is 5.13. The molecule has 0 spiro atoms. The number of nitrogens with one attached hydrogen (secondary N) is 1. The van der Waals surface area contributed by atoms with Crippen LogP contribution in [0.5, 0.6) is 0 Å². The molecule has 1 fully saturated rings. The maximum atomic E-state index is 4.44. The van der Waals surface area contributed by atoms with Gasteiger partial charge in [0.15, 0.2) is 0 Å². The predicted molar refractivity (Wildman–Crippen MR) is 78.1 cm³/mol. The van der Waals surface area contributed by atoms with Gasteiger partial charge in [0.1, 0.15) is 0 Å². The lowest BCUT2D eigenvalue weighted by Crippen LogP contribution is -2.40. The molecule has 2 unspecified atom stereocenters. The van der Waals surface area contributed by atoms with Crippen LogP contribution in [0.1, 0.15) is 44.7 Å². The van der Waals surface area contributed by atoms with Crippen molar-refractivity contribution in [3.05, 3.63) is 11.8 Å². The van der Waals surface area contributed by atoms with Crippen molar-refractivity contribution in [3.8, 4) is 0 Å². The van der Waals surface area contributed by atoms with Crippen LogP contribution in [0.3, 0.4) is 0 Å². The maximum Gasteiger partial charge on any atom is 0.0942 e. The van der Waals surface area contributed by atoms with E-state index < -0.39 is 0 Å². The van der Waals surface area contributed by atoms with Crippen molar-refractivity contribution in [2.75, 3.05) is 6.54 Å². The van der Waals surface area contributed by atoms with Crippen molar-refractivity contribution in [3.63, 3.8) is 0 Å². The highest BCUT2D eigenvalue weighted by atomic mass is 32.2. The van der Waals surface area contributed by atoms with Crippen LogP contribution in [0.15, 0.2) is 11.1 Å². The lowest BCUT2D eigenvalue weighted by Gasteiger charge is -2.31. The van der Waals surface area contributed by atoms with Gasteiger partial charge < -0.3 is 5.32 Å². The van der Waals surface area contributed by atoms with Crippen LogP contribution < -0.4 is 5.32 Å². The fourth-order valence-electron chi connectivity index (χ4n) is 2.65.